The fourth-order valence-electron chi connectivity index (χ4n) is 3.28. The Kier molecular flexibility index (Phi) is 5.65. The van der Waals surface area contributed by atoms with Gasteiger partial charge in [0.25, 0.3) is 5.56 Å². The minimum Gasteiger partial charge on any atom is -0.268 e. The van der Waals surface area contributed by atoms with Gasteiger partial charge in [-0.05, 0) is 66.4 Å². The zero-order valence-electron chi connectivity index (χ0n) is 16.8. The van der Waals surface area contributed by atoms with Crippen LogP contribution in [0.3, 0.4) is 0 Å². The van der Waals surface area contributed by atoms with Gasteiger partial charge < -0.3 is 0 Å². The van der Waals surface area contributed by atoms with Crippen molar-refractivity contribution in [3.63, 3.8) is 0 Å². The zero-order valence-corrected chi connectivity index (χ0v) is 17.6. The summed E-state index contributed by atoms with van der Waals surface area (Å²) in [5.41, 5.74) is -3.21. The van der Waals surface area contributed by atoms with Crippen molar-refractivity contribution in [2.75, 3.05) is 0 Å². The molecule has 0 saturated carbocycles. The van der Waals surface area contributed by atoms with Gasteiger partial charge in [-0.15, -0.1) is 11.3 Å². The largest absolute Gasteiger partial charge is 0.416 e. The SMILES string of the molecule is Cc1ccsc1/C=C\c1nc2ccccc2c(=O)n1-c1cc(C(F)(F)F)cc(C(F)(F)F)c1. The predicted octanol–water partition coefficient (Wildman–Crippen LogP) is 6.96. The van der Waals surface area contributed by atoms with E-state index in [0.29, 0.717) is 12.1 Å². The molecule has 3 nitrogen and oxygen atoms in total. The van der Waals surface area contributed by atoms with Crippen LogP contribution in [0.15, 0.2) is 58.7 Å². The van der Waals surface area contributed by atoms with Gasteiger partial charge in [0.1, 0.15) is 5.82 Å². The van der Waals surface area contributed by atoms with Crippen LogP contribution in [-0.4, -0.2) is 9.55 Å². The van der Waals surface area contributed by atoms with Crippen LogP contribution in [0.25, 0.3) is 28.7 Å². The first-order valence-electron chi connectivity index (χ1n) is 9.49. The van der Waals surface area contributed by atoms with E-state index in [0.717, 1.165) is 15.0 Å². The lowest BCUT2D eigenvalue weighted by Gasteiger charge is -2.17. The number of thiophene rings is 1. The summed E-state index contributed by atoms with van der Waals surface area (Å²) in [6.07, 6.45) is -7.08. The van der Waals surface area contributed by atoms with E-state index in [2.05, 4.69) is 4.98 Å². The molecule has 0 aliphatic rings. The summed E-state index contributed by atoms with van der Waals surface area (Å²) in [5.74, 6) is -0.0982. The molecular weight excluding hydrogens is 466 g/mol. The third-order valence-corrected chi connectivity index (χ3v) is 5.90. The Morgan fingerprint density at radius 1 is 0.909 bits per heavy atom. The smallest absolute Gasteiger partial charge is 0.268 e. The van der Waals surface area contributed by atoms with Gasteiger partial charge in [0, 0.05) is 4.88 Å². The van der Waals surface area contributed by atoms with Gasteiger partial charge in [0.2, 0.25) is 0 Å². The molecule has 0 aliphatic heterocycles. The number of fused-ring (bicyclic) bond motifs is 1. The minimum atomic E-state index is -5.05. The van der Waals surface area contributed by atoms with E-state index in [1.807, 2.05) is 18.4 Å². The van der Waals surface area contributed by atoms with Crippen molar-refractivity contribution in [3.8, 4) is 5.69 Å². The molecule has 0 N–H and O–H groups in total. The highest BCUT2D eigenvalue weighted by Crippen LogP contribution is 2.37. The van der Waals surface area contributed by atoms with Crippen molar-refractivity contribution in [1.82, 2.24) is 9.55 Å². The first-order chi connectivity index (χ1) is 15.4. The van der Waals surface area contributed by atoms with E-state index < -0.39 is 34.7 Å². The Bertz CT molecular complexity index is 1400. The third-order valence-electron chi connectivity index (χ3n) is 4.92. The molecule has 10 heteroatoms. The van der Waals surface area contributed by atoms with Crippen LogP contribution in [-0.2, 0) is 12.4 Å². The summed E-state index contributed by atoms with van der Waals surface area (Å²) in [7, 11) is 0. The average Bonchev–Trinajstić information content (AvgIpc) is 3.15. The molecule has 0 atom stereocenters. The molecule has 0 fully saturated rings. The minimum absolute atomic E-state index is 0.0214. The summed E-state index contributed by atoms with van der Waals surface area (Å²) in [4.78, 5) is 18.4. The standard InChI is InChI=1S/C23H14F6N2OS/c1-13-8-9-33-19(13)6-7-20-30-18-5-3-2-4-17(18)21(32)31(20)16-11-14(22(24,25)26)10-15(12-16)23(27,28)29/h2-12H,1H3/b7-6-. The number of halogens is 6. The van der Waals surface area contributed by atoms with Crippen LogP contribution in [0.5, 0.6) is 0 Å². The van der Waals surface area contributed by atoms with Gasteiger partial charge in [0.05, 0.1) is 27.7 Å². The Balaban J connectivity index is 2.04. The van der Waals surface area contributed by atoms with Gasteiger partial charge >= 0.3 is 12.4 Å². The number of benzene rings is 2. The first kappa shape index (κ1) is 22.8. The normalized spacial score (nSPS) is 12.7. The molecule has 2 aromatic heterocycles. The molecule has 4 aromatic rings. The lowest BCUT2D eigenvalue weighted by molar-refractivity contribution is -0.143. The molecule has 0 bridgehead atoms. The van der Waals surface area contributed by atoms with Crippen molar-refractivity contribution in [2.24, 2.45) is 0 Å². The number of alkyl halides is 6. The summed E-state index contributed by atoms with van der Waals surface area (Å²) < 4.78 is 81.2. The maximum atomic E-state index is 13.4. The Labute approximate surface area is 187 Å². The van der Waals surface area contributed by atoms with E-state index in [9.17, 15) is 31.1 Å². The quantitative estimate of drug-likeness (QED) is 0.297. The van der Waals surface area contributed by atoms with Gasteiger partial charge in [-0.3, -0.25) is 9.36 Å². The van der Waals surface area contributed by atoms with Gasteiger partial charge in [-0.1, -0.05) is 12.1 Å². The number of rotatable bonds is 3. The van der Waals surface area contributed by atoms with E-state index >= 15 is 0 Å². The van der Waals surface area contributed by atoms with Crippen molar-refractivity contribution in [3.05, 3.63) is 91.7 Å². The van der Waals surface area contributed by atoms with Gasteiger partial charge in [-0.2, -0.15) is 26.3 Å². The third kappa shape index (κ3) is 4.56. The summed E-state index contributed by atoms with van der Waals surface area (Å²) in [6, 6.07) is 9.02. The number of nitrogens with zero attached hydrogens (tertiary/aromatic N) is 2. The monoisotopic (exact) mass is 480 g/mol. The Morgan fingerprint density at radius 3 is 2.12 bits per heavy atom. The molecule has 0 aliphatic carbocycles. The van der Waals surface area contributed by atoms with Gasteiger partial charge in [0.15, 0.2) is 0 Å². The topological polar surface area (TPSA) is 34.9 Å². The molecule has 0 unspecified atom stereocenters. The molecule has 2 aromatic carbocycles. The molecule has 33 heavy (non-hydrogen) atoms. The van der Waals surface area contributed by atoms with Crippen LogP contribution < -0.4 is 5.56 Å². The molecular formula is C23H14F6N2OS. The lowest BCUT2D eigenvalue weighted by Crippen LogP contribution is -2.23. The average molecular weight is 480 g/mol. The fraction of sp³-hybridized carbons (Fsp3) is 0.130. The number of hydrogen-bond donors (Lipinski definition) is 0. The first-order valence-corrected chi connectivity index (χ1v) is 10.4. The lowest BCUT2D eigenvalue weighted by atomic mass is 10.1. The Hall–Kier alpha value is -3.40. The van der Waals surface area contributed by atoms with E-state index in [1.165, 1.54) is 29.5 Å². The fourth-order valence-corrected chi connectivity index (χ4v) is 4.10. The molecule has 4 rings (SSSR count). The molecule has 0 spiro atoms. The maximum Gasteiger partial charge on any atom is 0.416 e. The van der Waals surface area contributed by atoms with Crippen molar-refractivity contribution in [2.45, 2.75) is 19.3 Å². The predicted molar refractivity (Wildman–Crippen MR) is 115 cm³/mol. The highest BCUT2D eigenvalue weighted by molar-refractivity contribution is 7.11. The number of aryl methyl sites for hydroxylation is 1. The van der Waals surface area contributed by atoms with Crippen molar-refractivity contribution < 1.29 is 26.3 Å². The van der Waals surface area contributed by atoms with Crippen LogP contribution >= 0.6 is 11.3 Å². The van der Waals surface area contributed by atoms with Crippen LogP contribution in [0.1, 0.15) is 27.4 Å². The second kappa shape index (κ2) is 8.18. The highest BCUT2D eigenvalue weighted by atomic mass is 32.1. The molecule has 170 valence electrons. The molecule has 0 radical (unpaired) electrons. The molecule has 0 amide bonds. The summed E-state index contributed by atoms with van der Waals surface area (Å²) in [5, 5.41) is 1.89. The van der Waals surface area contributed by atoms with E-state index in [4.69, 9.17) is 0 Å². The Morgan fingerprint density at radius 2 is 1.55 bits per heavy atom. The maximum absolute atomic E-state index is 13.4. The van der Waals surface area contributed by atoms with Crippen LogP contribution in [0.2, 0.25) is 0 Å². The zero-order chi connectivity index (χ0) is 24.0. The van der Waals surface area contributed by atoms with Crippen molar-refractivity contribution in [1.29, 1.82) is 0 Å². The van der Waals surface area contributed by atoms with Crippen molar-refractivity contribution >= 4 is 34.4 Å². The second-order valence-corrected chi connectivity index (χ2v) is 8.14. The number of hydrogen-bond acceptors (Lipinski definition) is 3. The number of para-hydroxylation sites is 1. The highest BCUT2D eigenvalue weighted by Gasteiger charge is 2.37. The summed E-state index contributed by atoms with van der Waals surface area (Å²) >= 11 is 1.39. The van der Waals surface area contributed by atoms with Crippen LogP contribution in [0.4, 0.5) is 26.3 Å². The van der Waals surface area contributed by atoms with Crippen LogP contribution in [0, 0.1) is 6.92 Å². The van der Waals surface area contributed by atoms with Gasteiger partial charge in [-0.25, -0.2) is 4.98 Å². The second-order valence-electron chi connectivity index (χ2n) is 7.19. The molecule has 0 saturated heterocycles. The summed E-state index contributed by atoms with van der Waals surface area (Å²) in [6.45, 7) is 1.85. The number of aromatic nitrogens is 2. The molecule has 2 heterocycles. The van der Waals surface area contributed by atoms with E-state index in [-0.39, 0.29) is 22.8 Å². The van der Waals surface area contributed by atoms with E-state index in [1.54, 1.807) is 18.2 Å².